The van der Waals surface area contributed by atoms with Gasteiger partial charge < -0.3 is 9.80 Å². The molecule has 3 aliphatic rings. The summed E-state index contributed by atoms with van der Waals surface area (Å²) in [5, 5.41) is 0. The summed E-state index contributed by atoms with van der Waals surface area (Å²) in [6.45, 7) is 7.07. The highest BCUT2D eigenvalue weighted by molar-refractivity contribution is 5.81. The Morgan fingerprint density at radius 2 is 1.33 bits per heavy atom. The molecule has 2 nitrogen and oxygen atoms in total. The molecular formula is C31H34N2. The van der Waals surface area contributed by atoms with Crippen molar-refractivity contribution in [3.8, 4) is 0 Å². The Balaban J connectivity index is 1.62. The molecule has 0 aromatic heterocycles. The fourth-order valence-electron chi connectivity index (χ4n) is 6.91. The van der Waals surface area contributed by atoms with Gasteiger partial charge in [0, 0.05) is 17.1 Å². The fraction of sp³-hybridized carbons (Fsp3) is 0.355. The second kappa shape index (κ2) is 7.80. The quantitative estimate of drug-likeness (QED) is 0.415. The van der Waals surface area contributed by atoms with Gasteiger partial charge in [0.25, 0.3) is 0 Å². The molecular weight excluding hydrogens is 400 g/mol. The van der Waals surface area contributed by atoms with Crippen molar-refractivity contribution in [2.75, 3.05) is 9.80 Å². The number of aryl methyl sites for hydroxylation is 1. The zero-order valence-corrected chi connectivity index (χ0v) is 20.1. The number of nitrogens with zero attached hydrogens (tertiary/aromatic N) is 2. The van der Waals surface area contributed by atoms with E-state index >= 15 is 0 Å². The molecule has 0 bridgehead atoms. The van der Waals surface area contributed by atoms with Crippen LogP contribution in [0, 0.1) is 12.8 Å². The van der Waals surface area contributed by atoms with Crippen molar-refractivity contribution >= 4 is 11.4 Å². The molecule has 2 aliphatic heterocycles. The third kappa shape index (κ3) is 2.93. The lowest BCUT2D eigenvalue weighted by atomic mass is 9.75. The molecule has 0 amide bonds. The van der Waals surface area contributed by atoms with Crippen LogP contribution in [-0.2, 0) is 5.41 Å². The van der Waals surface area contributed by atoms with Crippen LogP contribution in [0.1, 0.15) is 62.6 Å². The first-order valence-corrected chi connectivity index (χ1v) is 12.6. The van der Waals surface area contributed by atoms with E-state index in [0.29, 0.717) is 12.1 Å². The summed E-state index contributed by atoms with van der Waals surface area (Å²) >= 11 is 0. The van der Waals surface area contributed by atoms with Gasteiger partial charge >= 0.3 is 0 Å². The molecule has 2 heterocycles. The van der Waals surface area contributed by atoms with Gasteiger partial charge in [-0.15, -0.1) is 0 Å². The molecule has 1 fully saturated rings. The topological polar surface area (TPSA) is 6.48 Å². The van der Waals surface area contributed by atoms with Crippen LogP contribution in [-0.4, -0.2) is 6.17 Å². The average Bonchev–Trinajstić information content (AvgIpc) is 3.32. The summed E-state index contributed by atoms with van der Waals surface area (Å²) in [7, 11) is 0. The molecule has 0 radical (unpaired) electrons. The third-order valence-electron chi connectivity index (χ3n) is 8.45. The number of fused-ring (bicyclic) bond motifs is 3. The molecule has 0 N–H and O–H groups in total. The zero-order valence-electron chi connectivity index (χ0n) is 20.1. The minimum atomic E-state index is -0.160. The van der Waals surface area contributed by atoms with Gasteiger partial charge in [-0.1, -0.05) is 86.0 Å². The first-order valence-electron chi connectivity index (χ1n) is 12.6. The van der Waals surface area contributed by atoms with Crippen molar-refractivity contribution in [3.63, 3.8) is 0 Å². The lowest BCUT2D eigenvalue weighted by Gasteiger charge is -2.41. The summed E-state index contributed by atoms with van der Waals surface area (Å²) in [5.74, 6) is 0.664. The van der Waals surface area contributed by atoms with Gasteiger partial charge in [-0.2, -0.15) is 0 Å². The van der Waals surface area contributed by atoms with Crippen molar-refractivity contribution in [1.82, 2.24) is 0 Å². The van der Waals surface area contributed by atoms with E-state index in [-0.39, 0.29) is 5.41 Å². The highest BCUT2D eigenvalue weighted by atomic mass is 15.4. The maximum atomic E-state index is 2.74. The number of hydrogen-bond acceptors (Lipinski definition) is 2. The van der Waals surface area contributed by atoms with E-state index in [1.807, 2.05) is 0 Å². The number of hydrogen-bond donors (Lipinski definition) is 0. The maximum absolute atomic E-state index is 2.74. The Morgan fingerprint density at radius 3 is 2.06 bits per heavy atom. The van der Waals surface area contributed by atoms with E-state index in [1.165, 1.54) is 71.6 Å². The van der Waals surface area contributed by atoms with Crippen molar-refractivity contribution in [1.29, 1.82) is 0 Å². The highest BCUT2D eigenvalue weighted by Crippen LogP contribution is 2.59. The summed E-state index contributed by atoms with van der Waals surface area (Å²) < 4.78 is 0. The Labute approximate surface area is 198 Å². The summed E-state index contributed by atoms with van der Waals surface area (Å²) in [6, 6.07) is 29.2. The number of allylic oxidation sites excluding steroid dienone is 2. The number of rotatable bonds is 3. The zero-order chi connectivity index (χ0) is 22.6. The van der Waals surface area contributed by atoms with Crippen LogP contribution in [0.2, 0.25) is 0 Å². The van der Waals surface area contributed by atoms with E-state index in [4.69, 9.17) is 0 Å². The summed E-state index contributed by atoms with van der Waals surface area (Å²) in [5.41, 5.74) is 9.64. The van der Waals surface area contributed by atoms with Gasteiger partial charge in [0.05, 0.1) is 11.1 Å². The second-order valence-corrected chi connectivity index (χ2v) is 10.3. The lowest BCUT2D eigenvalue weighted by molar-refractivity contribution is 0.306. The molecule has 3 aromatic carbocycles. The van der Waals surface area contributed by atoms with Crippen LogP contribution in [0.3, 0.4) is 0 Å². The molecule has 1 saturated carbocycles. The normalized spacial score (nSPS) is 24.9. The van der Waals surface area contributed by atoms with Gasteiger partial charge in [-0.3, -0.25) is 0 Å². The SMILES string of the molecule is CC1=C2N(c3ccccc3C2(C)c2ccccc2)C(C2CCCCC2)N1c1ccccc1C. The predicted molar refractivity (Wildman–Crippen MR) is 139 cm³/mol. The summed E-state index contributed by atoms with van der Waals surface area (Å²) in [4.78, 5) is 5.43. The third-order valence-corrected chi connectivity index (χ3v) is 8.45. The van der Waals surface area contributed by atoms with Crippen LogP contribution in [0.4, 0.5) is 11.4 Å². The van der Waals surface area contributed by atoms with E-state index < -0.39 is 0 Å². The van der Waals surface area contributed by atoms with Gasteiger partial charge in [0.2, 0.25) is 0 Å². The Hall–Kier alpha value is -3.00. The van der Waals surface area contributed by atoms with Crippen LogP contribution in [0.15, 0.2) is 90.3 Å². The molecule has 1 aliphatic carbocycles. The standard InChI is InChI=1S/C31H34N2/c1-22-14-10-12-20-27(22)32-23(2)29-31(3,25-17-8-5-9-18-25)26-19-11-13-21-28(26)33(29)30(32)24-15-6-4-7-16-24/h5,8-14,17-21,24,30H,4,6-7,15-16H2,1-3H3. The smallest absolute Gasteiger partial charge is 0.113 e. The molecule has 2 unspecified atom stereocenters. The Kier molecular flexibility index (Phi) is 4.87. The van der Waals surface area contributed by atoms with Crippen molar-refractivity contribution in [2.45, 2.75) is 64.5 Å². The monoisotopic (exact) mass is 434 g/mol. The van der Waals surface area contributed by atoms with Gasteiger partial charge in [-0.05, 0) is 68.4 Å². The minimum absolute atomic E-state index is 0.160. The average molecular weight is 435 g/mol. The van der Waals surface area contributed by atoms with Gasteiger partial charge in [0.1, 0.15) is 6.17 Å². The Bertz CT molecular complexity index is 1200. The fourth-order valence-corrected chi connectivity index (χ4v) is 6.91. The molecule has 2 atom stereocenters. The van der Waals surface area contributed by atoms with Crippen molar-refractivity contribution in [2.24, 2.45) is 5.92 Å². The van der Waals surface area contributed by atoms with Crippen molar-refractivity contribution in [3.05, 3.63) is 107 Å². The molecule has 0 saturated heterocycles. The largest absolute Gasteiger partial charge is 0.322 e. The van der Waals surface area contributed by atoms with E-state index in [2.05, 4.69) is 109 Å². The van der Waals surface area contributed by atoms with Crippen LogP contribution in [0.25, 0.3) is 0 Å². The van der Waals surface area contributed by atoms with E-state index in [9.17, 15) is 0 Å². The van der Waals surface area contributed by atoms with E-state index in [1.54, 1.807) is 0 Å². The molecule has 33 heavy (non-hydrogen) atoms. The van der Waals surface area contributed by atoms with Gasteiger partial charge in [-0.25, -0.2) is 0 Å². The molecule has 2 heteroatoms. The number of anilines is 2. The predicted octanol–water partition coefficient (Wildman–Crippen LogP) is 7.78. The molecule has 0 spiro atoms. The second-order valence-electron chi connectivity index (χ2n) is 10.3. The van der Waals surface area contributed by atoms with Crippen LogP contribution >= 0.6 is 0 Å². The molecule has 3 aromatic rings. The molecule has 168 valence electrons. The Morgan fingerprint density at radius 1 is 0.697 bits per heavy atom. The molecule has 6 rings (SSSR count). The van der Waals surface area contributed by atoms with Crippen LogP contribution < -0.4 is 9.80 Å². The minimum Gasteiger partial charge on any atom is -0.322 e. The summed E-state index contributed by atoms with van der Waals surface area (Å²) in [6.07, 6.45) is 7.05. The highest BCUT2D eigenvalue weighted by Gasteiger charge is 2.55. The van der Waals surface area contributed by atoms with E-state index in [0.717, 1.165) is 0 Å². The first kappa shape index (κ1) is 20.6. The number of benzene rings is 3. The number of para-hydroxylation sites is 2. The van der Waals surface area contributed by atoms with Gasteiger partial charge in [0.15, 0.2) is 0 Å². The first-order chi connectivity index (χ1) is 16.1. The van der Waals surface area contributed by atoms with Crippen molar-refractivity contribution < 1.29 is 0 Å². The lowest BCUT2D eigenvalue weighted by Crippen LogP contribution is -2.47. The van der Waals surface area contributed by atoms with Crippen LogP contribution in [0.5, 0.6) is 0 Å². The maximum Gasteiger partial charge on any atom is 0.113 e.